The summed E-state index contributed by atoms with van der Waals surface area (Å²) < 4.78 is 36.8. The van der Waals surface area contributed by atoms with Crippen molar-refractivity contribution < 1.29 is 28.0 Å². The van der Waals surface area contributed by atoms with Crippen LogP contribution in [0.3, 0.4) is 0 Å². The molecule has 2 aliphatic heterocycles. The summed E-state index contributed by atoms with van der Waals surface area (Å²) in [6.45, 7) is 8.30. The molecule has 0 radical (unpaired) electrons. The molecule has 158 valence electrons. The monoisotopic (exact) mass is 413 g/mol. The predicted octanol–water partition coefficient (Wildman–Crippen LogP) is 3.00. The van der Waals surface area contributed by atoms with Gasteiger partial charge in [-0.2, -0.15) is 0 Å². The number of ether oxygens (including phenoxy) is 2. The first kappa shape index (κ1) is 20.7. The van der Waals surface area contributed by atoms with Crippen LogP contribution in [0.1, 0.15) is 49.7 Å². The van der Waals surface area contributed by atoms with Gasteiger partial charge < -0.3 is 24.1 Å². The molecule has 2 aliphatic rings. The summed E-state index contributed by atoms with van der Waals surface area (Å²) >= 11 is 0. The molecule has 0 bridgehead atoms. The van der Waals surface area contributed by atoms with Gasteiger partial charge in [0.25, 0.3) is 5.91 Å². The maximum Gasteiger partial charge on any atom is 0.494 e. The molecular weight excluding hydrogens is 388 g/mol. The second-order valence-electron chi connectivity index (χ2n) is 8.57. The Balaban J connectivity index is 1.52. The zero-order valence-corrected chi connectivity index (χ0v) is 17.7. The van der Waals surface area contributed by atoms with E-state index in [1.807, 2.05) is 45.9 Å². The van der Waals surface area contributed by atoms with Crippen LogP contribution in [0.5, 0.6) is 11.5 Å². The van der Waals surface area contributed by atoms with Crippen molar-refractivity contribution in [2.75, 3.05) is 13.7 Å². The fraction of sp³-hybridized carbons (Fsp3) is 0.409. The minimum Gasteiger partial charge on any atom is -0.496 e. The number of nitrogens with one attached hydrogen (secondary N) is 1. The highest BCUT2D eigenvalue weighted by molar-refractivity contribution is 6.62. The number of hydrogen-bond donors (Lipinski definition) is 1. The Morgan fingerprint density at radius 3 is 2.50 bits per heavy atom. The third kappa shape index (κ3) is 3.54. The van der Waals surface area contributed by atoms with Crippen LogP contribution in [0, 0.1) is 5.82 Å². The molecule has 0 spiro atoms. The third-order valence-corrected chi connectivity index (χ3v) is 6.06. The first-order chi connectivity index (χ1) is 14.1. The van der Waals surface area contributed by atoms with Gasteiger partial charge >= 0.3 is 7.12 Å². The summed E-state index contributed by atoms with van der Waals surface area (Å²) in [5, 5.41) is 2.90. The second kappa shape index (κ2) is 7.28. The molecule has 2 heterocycles. The van der Waals surface area contributed by atoms with Gasteiger partial charge in [0, 0.05) is 5.56 Å². The number of halogens is 1. The normalized spacial score (nSPS) is 21.1. The molecule has 1 saturated heterocycles. The lowest BCUT2D eigenvalue weighted by atomic mass is 9.78. The van der Waals surface area contributed by atoms with Gasteiger partial charge in [0.2, 0.25) is 0 Å². The van der Waals surface area contributed by atoms with Gasteiger partial charge in [0.1, 0.15) is 23.9 Å². The fourth-order valence-electron chi connectivity index (χ4n) is 3.57. The van der Waals surface area contributed by atoms with E-state index in [1.165, 1.54) is 19.2 Å². The van der Waals surface area contributed by atoms with Crippen LogP contribution in [0.2, 0.25) is 0 Å². The lowest BCUT2D eigenvalue weighted by molar-refractivity contribution is 0.00578. The number of fused-ring (bicyclic) bond motifs is 1. The quantitative estimate of drug-likeness (QED) is 0.781. The summed E-state index contributed by atoms with van der Waals surface area (Å²) in [6, 6.07) is 9.18. The largest absolute Gasteiger partial charge is 0.496 e. The van der Waals surface area contributed by atoms with E-state index in [0.29, 0.717) is 11.5 Å². The topological polar surface area (TPSA) is 66.0 Å². The van der Waals surface area contributed by atoms with Crippen LogP contribution >= 0.6 is 0 Å². The molecule has 1 N–H and O–H groups in total. The average molecular weight is 413 g/mol. The van der Waals surface area contributed by atoms with Crippen LogP contribution in [-0.4, -0.2) is 37.9 Å². The van der Waals surface area contributed by atoms with Gasteiger partial charge in [0.15, 0.2) is 0 Å². The first-order valence-corrected chi connectivity index (χ1v) is 9.88. The number of hydrogen-bond acceptors (Lipinski definition) is 5. The number of rotatable bonds is 4. The number of benzene rings is 2. The Bertz CT molecular complexity index is 977. The van der Waals surface area contributed by atoms with E-state index in [0.717, 1.165) is 17.1 Å². The van der Waals surface area contributed by atoms with Gasteiger partial charge in [-0.25, -0.2) is 4.39 Å². The summed E-state index contributed by atoms with van der Waals surface area (Å²) in [5.41, 5.74) is 0.973. The molecule has 0 aromatic heterocycles. The van der Waals surface area contributed by atoms with Gasteiger partial charge in [0.05, 0.1) is 29.9 Å². The zero-order valence-electron chi connectivity index (χ0n) is 17.7. The number of methoxy groups -OCH3 is 1. The van der Waals surface area contributed by atoms with E-state index >= 15 is 0 Å². The molecule has 4 rings (SSSR count). The van der Waals surface area contributed by atoms with Gasteiger partial charge in [-0.1, -0.05) is 12.1 Å². The smallest absolute Gasteiger partial charge is 0.494 e. The molecule has 30 heavy (non-hydrogen) atoms. The second-order valence-corrected chi connectivity index (χ2v) is 8.57. The van der Waals surface area contributed by atoms with Gasteiger partial charge in [-0.3, -0.25) is 4.79 Å². The van der Waals surface area contributed by atoms with E-state index in [4.69, 9.17) is 18.8 Å². The molecule has 8 heteroatoms. The maximum atomic E-state index is 13.6. The van der Waals surface area contributed by atoms with Crippen LogP contribution in [0.25, 0.3) is 0 Å². The summed E-state index contributed by atoms with van der Waals surface area (Å²) in [6.07, 6.45) is 0. The van der Waals surface area contributed by atoms with Crippen molar-refractivity contribution >= 4 is 18.5 Å². The van der Waals surface area contributed by atoms with Gasteiger partial charge in [-0.15, -0.1) is 0 Å². The van der Waals surface area contributed by atoms with Crippen molar-refractivity contribution in [3.63, 3.8) is 0 Å². The van der Waals surface area contributed by atoms with E-state index in [9.17, 15) is 9.18 Å². The third-order valence-electron chi connectivity index (χ3n) is 6.06. The average Bonchev–Trinajstić information content (AvgIpc) is 3.18. The van der Waals surface area contributed by atoms with Crippen molar-refractivity contribution in [1.82, 2.24) is 5.32 Å². The number of carbonyl (C=O) groups is 1. The fourth-order valence-corrected chi connectivity index (χ4v) is 3.57. The summed E-state index contributed by atoms with van der Waals surface area (Å²) in [7, 11) is 0.948. The predicted molar refractivity (Wildman–Crippen MR) is 111 cm³/mol. The molecular formula is C22H25BFNO5. The molecule has 1 unspecified atom stereocenters. The van der Waals surface area contributed by atoms with Crippen LogP contribution < -0.4 is 20.3 Å². The van der Waals surface area contributed by atoms with E-state index < -0.39 is 30.0 Å². The standard InChI is InChI=1S/C22H25BFNO5/c1-21(2)22(3,4)30-23(29-21)13-6-8-15-17(12-28-19(15)10-13)25-20(26)16-11-14(24)7-9-18(16)27-5/h6-11,17H,12H2,1-5H3,(H,25,26). The Hall–Kier alpha value is -2.58. The molecule has 2 aromatic rings. The SMILES string of the molecule is COc1ccc(F)cc1C(=O)NC1COc2cc(B3OC(C)(C)C(C)(C)O3)ccc21. The summed E-state index contributed by atoms with van der Waals surface area (Å²) in [5.74, 6) is 0.0433. The van der Waals surface area contributed by atoms with Crippen LogP contribution in [0.4, 0.5) is 4.39 Å². The van der Waals surface area contributed by atoms with Crippen molar-refractivity contribution in [2.45, 2.75) is 44.9 Å². The molecule has 6 nitrogen and oxygen atoms in total. The van der Waals surface area contributed by atoms with E-state index in [1.54, 1.807) is 0 Å². The van der Waals surface area contributed by atoms with Crippen LogP contribution in [-0.2, 0) is 9.31 Å². The Kier molecular flexibility index (Phi) is 5.02. The van der Waals surface area contributed by atoms with Crippen molar-refractivity contribution in [1.29, 1.82) is 0 Å². The first-order valence-electron chi connectivity index (χ1n) is 9.88. The Labute approximate surface area is 175 Å². The Morgan fingerprint density at radius 2 is 1.83 bits per heavy atom. The molecule has 1 atom stereocenters. The molecule has 2 aromatic carbocycles. The van der Waals surface area contributed by atoms with Crippen molar-refractivity contribution in [2.24, 2.45) is 0 Å². The van der Waals surface area contributed by atoms with Gasteiger partial charge in [-0.05, 0) is 57.4 Å². The summed E-state index contributed by atoms with van der Waals surface area (Å²) in [4.78, 5) is 12.7. The number of amides is 1. The lowest BCUT2D eigenvalue weighted by Crippen LogP contribution is -2.41. The molecule has 0 saturated carbocycles. The highest BCUT2D eigenvalue weighted by atomic mass is 19.1. The van der Waals surface area contributed by atoms with Crippen molar-refractivity contribution in [3.8, 4) is 11.5 Å². The molecule has 1 amide bonds. The van der Waals surface area contributed by atoms with E-state index in [2.05, 4.69) is 5.32 Å². The van der Waals surface area contributed by atoms with Crippen LogP contribution in [0.15, 0.2) is 36.4 Å². The highest BCUT2D eigenvalue weighted by Crippen LogP contribution is 2.38. The number of carbonyl (C=O) groups excluding carboxylic acids is 1. The van der Waals surface area contributed by atoms with Crippen molar-refractivity contribution in [3.05, 3.63) is 53.3 Å². The van der Waals surface area contributed by atoms with E-state index in [-0.39, 0.29) is 18.2 Å². The molecule has 0 aliphatic carbocycles. The minimum absolute atomic E-state index is 0.139. The zero-order chi connectivity index (χ0) is 21.7. The lowest BCUT2D eigenvalue weighted by Gasteiger charge is -2.32. The molecule has 1 fully saturated rings. The minimum atomic E-state index is -0.504. The highest BCUT2D eigenvalue weighted by Gasteiger charge is 2.52. The maximum absolute atomic E-state index is 13.6. The Morgan fingerprint density at radius 1 is 1.13 bits per heavy atom.